The Morgan fingerprint density at radius 1 is 1.62 bits per heavy atom. The number of hydrogen-bond donors (Lipinski definition) is 4. The molecule has 0 bridgehead atoms. The molecule has 0 amide bonds. The number of nitrogens with zero attached hydrogens (tertiary/aromatic N) is 1. The molecule has 1 aromatic rings. The van der Waals surface area contributed by atoms with E-state index >= 15 is 0 Å². The van der Waals surface area contributed by atoms with E-state index in [1.807, 2.05) is 0 Å². The van der Waals surface area contributed by atoms with Crippen LogP contribution < -0.4 is 16.6 Å². The van der Waals surface area contributed by atoms with Crippen LogP contribution in [0.3, 0.4) is 0 Å². The minimum atomic E-state index is -1.11. The van der Waals surface area contributed by atoms with Crippen LogP contribution >= 0.6 is 24.0 Å². The number of rotatable bonds is 3. The molecule has 4 N–H and O–H groups in total. The first-order valence-electron chi connectivity index (χ1n) is 6.08. The molecule has 0 saturated carbocycles. The lowest BCUT2D eigenvalue weighted by Gasteiger charge is -2.21. The largest absolute Gasteiger partial charge is 0.394 e. The van der Waals surface area contributed by atoms with Gasteiger partial charge in [-0.25, -0.2) is 4.79 Å². The maximum atomic E-state index is 11.8. The number of aromatic amines is 1. The van der Waals surface area contributed by atoms with Crippen LogP contribution in [0.2, 0.25) is 0 Å². The number of thioether (sulfide) groups is 1. The van der Waals surface area contributed by atoms with E-state index in [9.17, 15) is 19.8 Å². The van der Waals surface area contributed by atoms with E-state index in [2.05, 4.69) is 10.3 Å². The molecule has 2 rings (SSSR count). The summed E-state index contributed by atoms with van der Waals surface area (Å²) >= 11 is 6.32. The van der Waals surface area contributed by atoms with E-state index in [1.165, 1.54) is 18.0 Å². The molecule has 8 nitrogen and oxygen atoms in total. The van der Waals surface area contributed by atoms with Gasteiger partial charge < -0.3 is 20.3 Å². The molecule has 0 spiro atoms. The Hall–Kier alpha value is -1.20. The molecule has 1 aliphatic heterocycles. The average Bonchev–Trinajstić information content (AvgIpc) is 2.76. The van der Waals surface area contributed by atoms with Gasteiger partial charge in [0.1, 0.15) is 16.5 Å². The lowest BCUT2D eigenvalue weighted by atomic mass is 10.1. The predicted octanol–water partition coefficient (Wildman–Crippen LogP) is -1.61. The van der Waals surface area contributed by atoms with Crippen LogP contribution in [0.4, 0.5) is 0 Å². The monoisotopic (exact) mass is 333 g/mol. The summed E-state index contributed by atoms with van der Waals surface area (Å²) in [6.07, 6.45) is 0.146. The molecular formula is C11H15N3O5S2. The average molecular weight is 333 g/mol. The Labute approximate surface area is 129 Å². The standard InChI is InChI=1S/C11H15N3O5S2/c1-21-11(20)13-7-5(4-15)19-9(8(7)17)14-3-2-6(16)12-10(14)18/h2-3,5,7-9,15,17H,4H2,1H3,(H,13,20)(H,12,16,18)/t5-,7-,8-,9-/m1/s1. The van der Waals surface area contributed by atoms with Gasteiger partial charge in [0.2, 0.25) is 0 Å². The van der Waals surface area contributed by atoms with Gasteiger partial charge in [-0.05, 0) is 6.26 Å². The summed E-state index contributed by atoms with van der Waals surface area (Å²) in [5.74, 6) is 0. The minimum absolute atomic E-state index is 0.347. The third kappa shape index (κ3) is 3.35. The number of aromatic nitrogens is 2. The summed E-state index contributed by atoms with van der Waals surface area (Å²) in [5, 5.41) is 22.6. The predicted molar refractivity (Wildman–Crippen MR) is 81.4 cm³/mol. The van der Waals surface area contributed by atoms with E-state index in [4.69, 9.17) is 17.0 Å². The second kappa shape index (κ2) is 6.71. The Morgan fingerprint density at radius 2 is 2.33 bits per heavy atom. The van der Waals surface area contributed by atoms with E-state index in [1.54, 1.807) is 6.26 Å². The van der Waals surface area contributed by atoms with Gasteiger partial charge in [0, 0.05) is 12.3 Å². The van der Waals surface area contributed by atoms with Gasteiger partial charge in [-0.2, -0.15) is 0 Å². The molecule has 2 heterocycles. The van der Waals surface area contributed by atoms with Crippen molar-refractivity contribution in [1.29, 1.82) is 0 Å². The molecule has 10 heteroatoms. The van der Waals surface area contributed by atoms with Crippen molar-refractivity contribution >= 4 is 28.3 Å². The first-order valence-corrected chi connectivity index (χ1v) is 7.71. The number of aliphatic hydroxyl groups excluding tert-OH is 2. The zero-order valence-electron chi connectivity index (χ0n) is 11.1. The highest BCUT2D eigenvalue weighted by Crippen LogP contribution is 2.28. The molecule has 0 aromatic carbocycles. The van der Waals surface area contributed by atoms with Crippen LogP contribution in [0.5, 0.6) is 0 Å². The lowest BCUT2D eigenvalue weighted by Crippen LogP contribution is -2.47. The maximum absolute atomic E-state index is 11.8. The van der Waals surface area contributed by atoms with Crippen molar-refractivity contribution in [1.82, 2.24) is 14.9 Å². The smallest absolute Gasteiger partial charge is 0.330 e. The van der Waals surface area contributed by atoms with Crippen LogP contribution in [0, 0.1) is 0 Å². The van der Waals surface area contributed by atoms with Gasteiger partial charge in [0.15, 0.2) is 6.23 Å². The van der Waals surface area contributed by atoms with Crippen LogP contribution in [-0.4, -0.2) is 55.2 Å². The summed E-state index contributed by atoms with van der Waals surface area (Å²) < 4.78 is 7.01. The Morgan fingerprint density at radius 3 is 2.90 bits per heavy atom. The van der Waals surface area contributed by atoms with Crippen LogP contribution in [0.25, 0.3) is 0 Å². The molecule has 0 radical (unpaired) electrons. The molecule has 4 atom stereocenters. The van der Waals surface area contributed by atoms with E-state index < -0.39 is 35.7 Å². The molecule has 1 aliphatic rings. The zero-order valence-corrected chi connectivity index (χ0v) is 12.7. The van der Waals surface area contributed by atoms with Crippen molar-refractivity contribution < 1.29 is 14.9 Å². The molecule has 0 unspecified atom stereocenters. The van der Waals surface area contributed by atoms with Crippen molar-refractivity contribution in [3.05, 3.63) is 33.1 Å². The first kappa shape index (κ1) is 16.2. The van der Waals surface area contributed by atoms with Crippen LogP contribution in [-0.2, 0) is 4.74 Å². The molecule has 1 fully saturated rings. The number of thiocarbonyl (C=S) groups is 1. The highest BCUT2D eigenvalue weighted by atomic mass is 32.2. The number of aliphatic hydroxyl groups is 2. The molecular weight excluding hydrogens is 318 g/mol. The van der Waals surface area contributed by atoms with Crippen molar-refractivity contribution in [2.75, 3.05) is 12.9 Å². The van der Waals surface area contributed by atoms with Gasteiger partial charge >= 0.3 is 5.69 Å². The van der Waals surface area contributed by atoms with Crippen LogP contribution in [0.1, 0.15) is 6.23 Å². The van der Waals surface area contributed by atoms with Crippen molar-refractivity contribution in [3.63, 3.8) is 0 Å². The second-order valence-electron chi connectivity index (χ2n) is 4.42. The number of hydrogen-bond acceptors (Lipinski definition) is 7. The van der Waals surface area contributed by atoms with Crippen LogP contribution in [0.15, 0.2) is 21.9 Å². The zero-order chi connectivity index (χ0) is 15.6. The summed E-state index contributed by atoms with van der Waals surface area (Å²) in [5.41, 5.74) is -1.24. The lowest BCUT2D eigenvalue weighted by molar-refractivity contribution is -0.0532. The summed E-state index contributed by atoms with van der Waals surface area (Å²) in [6, 6.07) is 0.498. The highest BCUT2D eigenvalue weighted by Gasteiger charge is 2.45. The fourth-order valence-corrected chi connectivity index (χ4v) is 2.52. The van der Waals surface area contributed by atoms with Gasteiger partial charge in [-0.1, -0.05) is 12.2 Å². The number of nitrogens with one attached hydrogen (secondary N) is 2. The second-order valence-corrected chi connectivity index (χ2v) is 5.90. The SMILES string of the molecule is CSC(=S)N[C@H]1[C@@H](O)[C@H](n2ccc(=O)[nH]c2=O)O[C@@H]1CO. The Kier molecular flexibility index (Phi) is 5.17. The van der Waals surface area contributed by atoms with Crippen molar-refractivity contribution in [2.45, 2.75) is 24.5 Å². The molecule has 1 saturated heterocycles. The molecule has 116 valence electrons. The third-order valence-electron chi connectivity index (χ3n) is 3.15. The first-order chi connectivity index (χ1) is 9.97. The Bertz CT molecular complexity index is 631. The summed E-state index contributed by atoms with van der Waals surface area (Å²) in [7, 11) is 0. The Balaban J connectivity index is 2.28. The summed E-state index contributed by atoms with van der Waals surface area (Å²) in [4.78, 5) is 24.9. The highest BCUT2D eigenvalue weighted by molar-refractivity contribution is 8.22. The molecule has 21 heavy (non-hydrogen) atoms. The van der Waals surface area contributed by atoms with Gasteiger partial charge in [-0.15, -0.1) is 11.8 Å². The van der Waals surface area contributed by atoms with Crippen molar-refractivity contribution in [3.8, 4) is 0 Å². The fourth-order valence-electron chi connectivity index (χ4n) is 2.13. The fraction of sp³-hybridized carbons (Fsp3) is 0.545. The molecule has 1 aromatic heterocycles. The molecule has 0 aliphatic carbocycles. The van der Waals surface area contributed by atoms with Gasteiger partial charge in [0.05, 0.1) is 12.6 Å². The number of H-pyrrole nitrogens is 1. The van der Waals surface area contributed by atoms with E-state index in [-0.39, 0.29) is 6.61 Å². The van der Waals surface area contributed by atoms with Crippen molar-refractivity contribution in [2.24, 2.45) is 0 Å². The topological polar surface area (TPSA) is 117 Å². The number of ether oxygens (including phenoxy) is 1. The minimum Gasteiger partial charge on any atom is -0.394 e. The third-order valence-corrected chi connectivity index (χ3v) is 4.26. The summed E-state index contributed by atoms with van der Waals surface area (Å²) in [6.45, 7) is -0.347. The van der Waals surface area contributed by atoms with E-state index in [0.717, 1.165) is 10.6 Å². The van der Waals surface area contributed by atoms with E-state index in [0.29, 0.717) is 4.32 Å². The van der Waals surface area contributed by atoms with Gasteiger partial charge in [0.25, 0.3) is 5.56 Å². The quantitative estimate of drug-likeness (QED) is 0.489. The maximum Gasteiger partial charge on any atom is 0.330 e. The van der Waals surface area contributed by atoms with Gasteiger partial charge in [-0.3, -0.25) is 14.3 Å². The normalized spacial score (nSPS) is 28.5.